The molecule has 2 aromatic heterocycles. The van der Waals surface area contributed by atoms with Gasteiger partial charge in [-0.15, -0.1) is 0 Å². The largest absolute Gasteiger partial charge is 0.461 e. The van der Waals surface area contributed by atoms with E-state index < -0.39 is 11.9 Å². The monoisotopic (exact) mass is 300 g/mol. The molecule has 22 heavy (non-hydrogen) atoms. The van der Waals surface area contributed by atoms with Crippen molar-refractivity contribution in [3.05, 3.63) is 60.2 Å². The minimum atomic E-state index is -0.453. The van der Waals surface area contributed by atoms with Crippen molar-refractivity contribution in [1.82, 2.24) is 9.97 Å². The molecule has 0 amide bonds. The lowest BCUT2D eigenvalue weighted by Gasteiger charge is -2.05. The third-order valence-electron chi connectivity index (χ3n) is 2.75. The van der Waals surface area contributed by atoms with Gasteiger partial charge in [0.05, 0.1) is 13.2 Å². The van der Waals surface area contributed by atoms with E-state index >= 15 is 0 Å². The Kier molecular flexibility index (Phi) is 6.04. The number of aromatic nitrogens is 2. The zero-order chi connectivity index (χ0) is 15.6. The Hall–Kier alpha value is -2.76. The number of ether oxygens (including phenoxy) is 2. The molecule has 0 unspecified atom stereocenters. The highest BCUT2D eigenvalue weighted by Gasteiger charge is 2.08. The lowest BCUT2D eigenvalue weighted by atomic mass is 10.3. The van der Waals surface area contributed by atoms with Gasteiger partial charge in [-0.25, -0.2) is 19.6 Å². The number of hydrogen-bond donors (Lipinski definition) is 0. The Morgan fingerprint density at radius 3 is 1.59 bits per heavy atom. The van der Waals surface area contributed by atoms with Crippen LogP contribution in [-0.2, 0) is 9.47 Å². The van der Waals surface area contributed by atoms with E-state index in [0.29, 0.717) is 12.8 Å². The molecule has 0 saturated heterocycles. The first-order valence-electron chi connectivity index (χ1n) is 6.93. The Morgan fingerprint density at radius 1 is 0.773 bits per heavy atom. The number of nitrogens with zero attached hydrogens (tertiary/aromatic N) is 2. The highest BCUT2D eigenvalue weighted by molar-refractivity contribution is 5.87. The molecule has 0 fully saturated rings. The molecule has 0 aromatic carbocycles. The topological polar surface area (TPSA) is 78.4 Å². The van der Waals surface area contributed by atoms with Gasteiger partial charge in [0.15, 0.2) is 0 Å². The highest BCUT2D eigenvalue weighted by atomic mass is 16.5. The molecule has 2 heterocycles. The Labute approximate surface area is 128 Å². The van der Waals surface area contributed by atoms with Crippen LogP contribution in [0.15, 0.2) is 48.8 Å². The number of pyridine rings is 2. The lowest BCUT2D eigenvalue weighted by Crippen LogP contribution is -2.10. The average molecular weight is 300 g/mol. The molecule has 0 aliphatic rings. The van der Waals surface area contributed by atoms with Gasteiger partial charge in [0.25, 0.3) is 0 Å². The van der Waals surface area contributed by atoms with Crippen LogP contribution in [0.1, 0.15) is 33.8 Å². The van der Waals surface area contributed by atoms with Gasteiger partial charge in [0.1, 0.15) is 11.4 Å². The smallest absolute Gasteiger partial charge is 0.356 e. The Bertz CT molecular complexity index is 547. The van der Waals surface area contributed by atoms with E-state index in [-0.39, 0.29) is 24.6 Å². The van der Waals surface area contributed by atoms with E-state index in [1.807, 2.05) is 0 Å². The van der Waals surface area contributed by atoms with Gasteiger partial charge in [0, 0.05) is 12.4 Å². The molecule has 0 spiro atoms. The van der Waals surface area contributed by atoms with Crippen LogP contribution in [0, 0.1) is 0 Å². The van der Waals surface area contributed by atoms with Gasteiger partial charge in [-0.2, -0.15) is 0 Å². The first kappa shape index (κ1) is 15.6. The van der Waals surface area contributed by atoms with Crippen LogP contribution in [0.4, 0.5) is 0 Å². The number of carbonyl (C=O) groups excluding carboxylic acids is 2. The summed E-state index contributed by atoms with van der Waals surface area (Å²) in [4.78, 5) is 31.0. The fraction of sp³-hybridized carbons (Fsp3) is 0.250. The Morgan fingerprint density at radius 2 is 1.23 bits per heavy atom. The van der Waals surface area contributed by atoms with Crippen molar-refractivity contribution in [3.8, 4) is 0 Å². The average Bonchev–Trinajstić information content (AvgIpc) is 2.59. The molecule has 6 heteroatoms. The molecule has 0 radical (unpaired) electrons. The SMILES string of the molecule is O=C(OCCCCOC(=O)c1ccccn1)c1ccccn1. The van der Waals surface area contributed by atoms with E-state index in [2.05, 4.69) is 9.97 Å². The van der Waals surface area contributed by atoms with Gasteiger partial charge in [-0.05, 0) is 37.1 Å². The van der Waals surface area contributed by atoms with Crippen LogP contribution in [-0.4, -0.2) is 35.1 Å². The minimum Gasteiger partial charge on any atom is -0.461 e. The summed E-state index contributed by atoms with van der Waals surface area (Å²) in [7, 11) is 0. The van der Waals surface area contributed by atoms with E-state index in [1.54, 1.807) is 36.4 Å². The van der Waals surface area contributed by atoms with Crippen molar-refractivity contribution < 1.29 is 19.1 Å². The zero-order valence-corrected chi connectivity index (χ0v) is 12.0. The van der Waals surface area contributed by atoms with Crippen LogP contribution in [0.3, 0.4) is 0 Å². The normalized spacial score (nSPS) is 10.0. The molecule has 6 nitrogen and oxygen atoms in total. The highest BCUT2D eigenvalue weighted by Crippen LogP contribution is 2.01. The van der Waals surface area contributed by atoms with Gasteiger partial charge < -0.3 is 9.47 Å². The summed E-state index contributed by atoms with van der Waals surface area (Å²) in [6, 6.07) is 10.1. The fourth-order valence-corrected chi connectivity index (χ4v) is 1.65. The number of carbonyl (C=O) groups is 2. The fourth-order valence-electron chi connectivity index (χ4n) is 1.65. The van der Waals surface area contributed by atoms with Crippen molar-refractivity contribution in [2.75, 3.05) is 13.2 Å². The second-order valence-corrected chi connectivity index (χ2v) is 4.41. The quantitative estimate of drug-likeness (QED) is 0.576. The van der Waals surface area contributed by atoms with Crippen molar-refractivity contribution in [2.24, 2.45) is 0 Å². The first-order chi connectivity index (χ1) is 10.8. The van der Waals surface area contributed by atoms with Gasteiger partial charge >= 0.3 is 11.9 Å². The minimum absolute atomic E-state index is 0.260. The van der Waals surface area contributed by atoms with E-state index in [4.69, 9.17) is 9.47 Å². The third-order valence-corrected chi connectivity index (χ3v) is 2.75. The molecule has 0 aliphatic heterocycles. The summed E-state index contributed by atoms with van der Waals surface area (Å²) in [5.41, 5.74) is 0.563. The standard InChI is InChI=1S/C16H16N2O4/c19-15(13-7-1-3-9-17-13)21-11-5-6-12-22-16(20)14-8-2-4-10-18-14/h1-4,7-10H,5-6,11-12H2. The molecule has 0 N–H and O–H groups in total. The van der Waals surface area contributed by atoms with Crippen molar-refractivity contribution in [2.45, 2.75) is 12.8 Å². The van der Waals surface area contributed by atoms with Gasteiger partial charge in [-0.3, -0.25) is 0 Å². The molecule has 0 aliphatic carbocycles. The van der Waals surface area contributed by atoms with Crippen molar-refractivity contribution in [1.29, 1.82) is 0 Å². The summed E-state index contributed by atoms with van der Waals surface area (Å²) < 4.78 is 10.1. The van der Waals surface area contributed by atoms with E-state index in [9.17, 15) is 9.59 Å². The van der Waals surface area contributed by atoms with E-state index in [1.165, 1.54) is 12.4 Å². The van der Waals surface area contributed by atoms with Crippen molar-refractivity contribution in [3.63, 3.8) is 0 Å². The molecule has 114 valence electrons. The van der Waals surface area contributed by atoms with Crippen LogP contribution in [0.25, 0.3) is 0 Å². The third kappa shape index (κ3) is 4.97. The zero-order valence-electron chi connectivity index (χ0n) is 12.0. The molecule has 2 aromatic rings. The van der Waals surface area contributed by atoms with Gasteiger partial charge in [-0.1, -0.05) is 12.1 Å². The Balaban J connectivity index is 1.58. The number of unbranched alkanes of at least 4 members (excludes halogenated alkanes) is 1. The lowest BCUT2D eigenvalue weighted by molar-refractivity contribution is 0.0425. The molecule has 2 rings (SSSR count). The van der Waals surface area contributed by atoms with E-state index in [0.717, 1.165) is 0 Å². The van der Waals surface area contributed by atoms with Crippen LogP contribution in [0.2, 0.25) is 0 Å². The summed E-state index contributed by atoms with van der Waals surface area (Å²) in [6.07, 6.45) is 4.28. The predicted molar refractivity (Wildman–Crippen MR) is 78.3 cm³/mol. The maximum atomic E-state index is 11.6. The number of esters is 2. The second kappa shape index (κ2) is 8.51. The van der Waals surface area contributed by atoms with Crippen LogP contribution in [0.5, 0.6) is 0 Å². The second-order valence-electron chi connectivity index (χ2n) is 4.41. The molecule has 0 bridgehead atoms. The summed E-state index contributed by atoms with van der Waals surface area (Å²) in [5.74, 6) is -0.905. The molecule has 0 saturated carbocycles. The maximum absolute atomic E-state index is 11.6. The van der Waals surface area contributed by atoms with Crippen LogP contribution < -0.4 is 0 Å². The molecule has 0 atom stereocenters. The van der Waals surface area contributed by atoms with Crippen LogP contribution >= 0.6 is 0 Å². The summed E-state index contributed by atoms with van der Waals surface area (Å²) in [5, 5.41) is 0. The number of hydrogen-bond acceptors (Lipinski definition) is 6. The molecular formula is C16H16N2O4. The first-order valence-corrected chi connectivity index (χ1v) is 6.93. The maximum Gasteiger partial charge on any atom is 0.356 e. The predicted octanol–water partition coefficient (Wildman–Crippen LogP) is 2.27. The summed E-state index contributed by atoms with van der Waals surface area (Å²) >= 11 is 0. The molecular weight excluding hydrogens is 284 g/mol. The number of rotatable bonds is 7. The van der Waals surface area contributed by atoms with Crippen molar-refractivity contribution >= 4 is 11.9 Å². The summed E-state index contributed by atoms with van der Waals surface area (Å²) in [6.45, 7) is 0.521. The van der Waals surface area contributed by atoms with Gasteiger partial charge in [0.2, 0.25) is 0 Å².